The maximum absolute atomic E-state index is 12.9. The number of furan rings is 1. The highest BCUT2D eigenvalue weighted by Gasteiger charge is 2.21. The van der Waals surface area contributed by atoms with Gasteiger partial charge in [-0.2, -0.15) is 0 Å². The summed E-state index contributed by atoms with van der Waals surface area (Å²) in [6, 6.07) is 11.0. The molecular weight excluding hydrogens is 422 g/mol. The Hall–Kier alpha value is -2.90. The van der Waals surface area contributed by atoms with Crippen LogP contribution in [0.15, 0.2) is 51.9 Å². The zero-order valence-electron chi connectivity index (χ0n) is 16.0. The van der Waals surface area contributed by atoms with Crippen LogP contribution in [0, 0.1) is 0 Å². The van der Waals surface area contributed by atoms with Gasteiger partial charge in [0.25, 0.3) is 5.56 Å². The highest BCUT2D eigenvalue weighted by molar-refractivity contribution is 7.18. The molecule has 152 valence electrons. The van der Waals surface area contributed by atoms with E-state index in [-0.39, 0.29) is 24.6 Å². The summed E-state index contributed by atoms with van der Waals surface area (Å²) in [7, 11) is 0. The summed E-state index contributed by atoms with van der Waals surface area (Å²) in [6.45, 7) is 0.168. The Morgan fingerprint density at radius 1 is 1.20 bits per heavy atom. The van der Waals surface area contributed by atoms with Crippen molar-refractivity contribution in [2.45, 2.75) is 32.4 Å². The monoisotopic (exact) mass is 439 g/mol. The Morgan fingerprint density at radius 2 is 2.03 bits per heavy atom. The second-order valence-electron chi connectivity index (χ2n) is 7.26. The van der Waals surface area contributed by atoms with Gasteiger partial charge < -0.3 is 9.73 Å². The molecule has 3 aromatic heterocycles. The molecular formula is C22H18ClN3O3S. The lowest BCUT2D eigenvalue weighted by atomic mass is 10.2. The van der Waals surface area contributed by atoms with Gasteiger partial charge in [-0.15, -0.1) is 11.3 Å². The van der Waals surface area contributed by atoms with E-state index in [9.17, 15) is 9.59 Å². The number of hydrogen-bond acceptors (Lipinski definition) is 5. The highest BCUT2D eigenvalue weighted by Crippen LogP contribution is 2.34. The molecule has 1 aromatic carbocycles. The van der Waals surface area contributed by atoms with Crippen LogP contribution in [0.5, 0.6) is 0 Å². The fourth-order valence-corrected chi connectivity index (χ4v) is 5.12. The summed E-state index contributed by atoms with van der Waals surface area (Å²) >= 11 is 7.51. The Bertz CT molecular complexity index is 1300. The lowest BCUT2D eigenvalue weighted by molar-refractivity contribution is -0.121. The molecule has 0 spiro atoms. The van der Waals surface area contributed by atoms with Gasteiger partial charge in [0.05, 0.1) is 18.3 Å². The number of rotatable bonds is 5. The predicted molar refractivity (Wildman–Crippen MR) is 117 cm³/mol. The quantitative estimate of drug-likeness (QED) is 0.506. The smallest absolute Gasteiger partial charge is 0.262 e. The van der Waals surface area contributed by atoms with E-state index in [4.69, 9.17) is 16.0 Å². The van der Waals surface area contributed by atoms with Crippen LogP contribution in [0.1, 0.15) is 22.6 Å². The number of amides is 1. The Kier molecular flexibility index (Phi) is 4.92. The number of fused-ring (bicyclic) bond motifs is 3. The van der Waals surface area contributed by atoms with Crippen molar-refractivity contribution in [1.82, 2.24) is 14.9 Å². The van der Waals surface area contributed by atoms with E-state index in [2.05, 4.69) is 10.3 Å². The van der Waals surface area contributed by atoms with Crippen LogP contribution in [0.2, 0.25) is 5.02 Å². The van der Waals surface area contributed by atoms with Crippen LogP contribution in [0.4, 0.5) is 0 Å². The molecule has 1 N–H and O–H groups in total. The third-order valence-electron chi connectivity index (χ3n) is 5.26. The molecule has 0 saturated carbocycles. The fourth-order valence-electron chi connectivity index (χ4n) is 3.77. The molecule has 1 aliphatic rings. The van der Waals surface area contributed by atoms with Crippen molar-refractivity contribution in [3.63, 3.8) is 0 Å². The lowest BCUT2D eigenvalue weighted by Crippen LogP contribution is -2.32. The molecule has 0 unspecified atom stereocenters. The van der Waals surface area contributed by atoms with Crippen LogP contribution in [0.25, 0.3) is 21.5 Å². The molecule has 0 radical (unpaired) electrons. The summed E-state index contributed by atoms with van der Waals surface area (Å²) in [4.78, 5) is 31.7. The molecule has 6 nitrogen and oxygen atoms in total. The number of carbonyl (C=O) groups is 1. The van der Waals surface area contributed by atoms with Crippen molar-refractivity contribution in [2.24, 2.45) is 0 Å². The molecule has 4 aromatic rings. The van der Waals surface area contributed by atoms with Crippen LogP contribution in [0.3, 0.4) is 0 Å². The number of nitrogens with one attached hydrogen (secondary N) is 1. The van der Waals surface area contributed by atoms with E-state index in [1.165, 1.54) is 15.8 Å². The summed E-state index contributed by atoms with van der Waals surface area (Å²) in [5.74, 6) is 1.06. The van der Waals surface area contributed by atoms with Gasteiger partial charge in [-0.05, 0) is 61.2 Å². The molecule has 1 aliphatic carbocycles. The number of halogens is 1. The minimum atomic E-state index is -0.269. The molecule has 1 amide bonds. The van der Waals surface area contributed by atoms with Crippen LogP contribution in [-0.2, 0) is 30.7 Å². The third kappa shape index (κ3) is 3.55. The molecule has 30 heavy (non-hydrogen) atoms. The number of hydrogen-bond donors (Lipinski definition) is 1. The topological polar surface area (TPSA) is 77.1 Å². The van der Waals surface area contributed by atoms with Crippen molar-refractivity contribution in [3.8, 4) is 11.3 Å². The lowest BCUT2D eigenvalue weighted by Gasteiger charge is -2.06. The van der Waals surface area contributed by atoms with Gasteiger partial charge in [-0.25, -0.2) is 4.98 Å². The van der Waals surface area contributed by atoms with Crippen LogP contribution >= 0.6 is 22.9 Å². The molecule has 0 fully saturated rings. The van der Waals surface area contributed by atoms with Crippen molar-refractivity contribution in [3.05, 3.63) is 74.3 Å². The summed E-state index contributed by atoms with van der Waals surface area (Å²) in [5, 5.41) is 4.15. The van der Waals surface area contributed by atoms with Gasteiger partial charge in [0.2, 0.25) is 5.91 Å². The van der Waals surface area contributed by atoms with Gasteiger partial charge >= 0.3 is 0 Å². The number of aromatic nitrogens is 2. The van der Waals surface area contributed by atoms with E-state index < -0.39 is 0 Å². The first-order valence-corrected chi connectivity index (χ1v) is 10.9. The Morgan fingerprint density at radius 3 is 2.87 bits per heavy atom. The zero-order valence-corrected chi connectivity index (χ0v) is 17.6. The first-order valence-electron chi connectivity index (χ1n) is 9.69. The third-order valence-corrected chi connectivity index (χ3v) is 6.71. The highest BCUT2D eigenvalue weighted by atomic mass is 35.5. The van der Waals surface area contributed by atoms with E-state index in [0.717, 1.165) is 35.2 Å². The predicted octanol–water partition coefficient (Wildman–Crippen LogP) is 4.18. The molecule has 8 heteroatoms. The van der Waals surface area contributed by atoms with Gasteiger partial charge in [-0.3, -0.25) is 14.2 Å². The number of benzene rings is 1. The average Bonchev–Trinajstić information content (AvgIpc) is 3.45. The molecule has 0 bridgehead atoms. The number of carbonyl (C=O) groups excluding carboxylic acids is 1. The Labute approximate surface area is 181 Å². The molecule has 3 heterocycles. The Balaban J connectivity index is 1.26. The van der Waals surface area contributed by atoms with Gasteiger partial charge in [0, 0.05) is 15.5 Å². The normalized spacial score (nSPS) is 13.0. The van der Waals surface area contributed by atoms with Gasteiger partial charge in [0.15, 0.2) is 0 Å². The van der Waals surface area contributed by atoms with E-state index in [1.54, 1.807) is 23.5 Å². The largest absolute Gasteiger partial charge is 0.459 e. The standard InChI is InChI=1S/C22H18ClN3O3S/c23-14-6-4-13(5-7-14)17-9-8-15(29-17)10-24-19(27)11-26-12-25-21-20(22(26)28)16-2-1-3-18(16)30-21/h4-9,12H,1-3,10-11H2,(H,24,27). The molecule has 0 atom stereocenters. The second kappa shape index (κ2) is 7.74. The van der Waals surface area contributed by atoms with E-state index in [0.29, 0.717) is 21.9 Å². The number of thiophene rings is 1. The van der Waals surface area contributed by atoms with E-state index >= 15 is 0 Å². The number of aryl methyl sites for hydroxylation is 2. The first kappa shape index (κ1) is 19.1. The minimum Gasteiger partial charge on any atom is -0.459 e. The maximum atomic E-state index is 12.9. The fraction of sp³-hybridized carbons (Fsp3) is 0.227. The molecule has 0 saturated heterocycles. The van der Waals surface area contributed by atoms with Crippen molar-refractivity contribution in [1.29, 1.82) is 0 Å². The molecule has 5 rings (SSSR count). The minimum absolute atomic E-state index is 0.0723. The number of nitrogens with zero attached hydrogens (tertiary/aromatic N) is 2. The average molecular weight is 440 g/mol. The zero-order chi connectivity index (χ0) is 20.7. The van der Waals surface area contributed by atoms with Crippen LogP contribution < -0.4 is 10.9 Å². The summed E-state index contributed by atoms with van der Waals surface area (Å²) in [6.07, 6.45) is 4.46. The van der Waals surface area contributed by atoms with Crippen molar-refractivity contribution < 1.29 is 9.21 Å². The molecule has 0 aliphatic heterocycles. The summed E-state index contributed by atoms with van der Waals surface area (Å²) < 4.78 is 7.17. The van der Waals surface area contributed by atoms with Crippen molar-refractivity contribution in [2.75, 3.05) is 0 Å². The van der Waals surface area contributed by atoms with Gasteiger partial charge in [-0.1, -0.05) is 11.6 Å². The maximum Gasteiger partial charge on any atom is 0.262 e. The van der Waals surface area contributed by atoms with Crippen molar-refractivity contribution >= 4 is 39.1 Å². The SMILES string of the molecule is O=C(Cn1cnc2sc3c(c2c1=O)CCC3)NCc1ccc(-c2ccc(Cl)cc2)o1. The van der Waals surface area contributed by atoms with Gasteiger partial charge in [0.1, 0.15) is 22.9 Å². The van der Waals surface area contributed by atoms with E-state index in [1.807, 2.05) is 24.3 Å². The summed E-state index contributed by atoms with van der Waals surface area (Å²) in [5.41, 5.74) is 1.89. The first-order chi connectivity index (χ1) is 14.6. The second-order valence-corrected chi connectivity index (χ2v) is 8.78. The van der Waals surface area contributed by atoms with Crippen LogP contribution in [-0.4, -0.2) is 15.5 Å².